The number of nitrogens with one attached hydrogen (secondary N) is 1. The number of amides is 1. The minimum atomic E-state index is -0.293. The summed E-state index contributed by atoms with van der Waals surface area (Å²) >= 11 is 0. The molecular weight excluding hydrogens is 138 g/mol. The first kappa shape index (κ1) is 9.33. The van der Waals surface area contributed by atoms with Crippen molar-refractivity contribution in [2.24, 2.45) is 0 Å². The Kier molecular flexibility index (Phi) is 5.47. The standard InChI is InChI=1S/C9H9NO/c1-3-5-6-7-8-10-9(11)4-2/h1,4H,2,5-6H2,(H,10,11). The molecule has 11 heavy (non-hydrogen) atoms. The maximum Gasteiger partial charge on any atom is 0.254 e. The first-order valence-corrected chi connectivity index (χ1v) is 3.15. The van der Waals surface area contributed by atoms with Crippen molar-refractivity contribution in [3.63, 3.8) is 0 Å². The summed E-state index contributed by atoms with van der Waals surface area (Å²) in [6.45, 7) is 3.26. The van der Waals surface area contributed by atoms with Crippen LogP contribution in [0, 0.1) is 24.3 Å². The lowest BCUT2D eigenvalue weighted by atomic mass is 10.3. The Morgan fingerprint density at radius 1 is 1.64 bits per heavy atom. The van der Waals surface area contributed by atoms with Gasteiger partial charge in [0.05, 0.1) is 0 Å². The van der Waals surface area contributed by atoms with E-state index in [9.17, 15) is 4.79 Å². The van der Waals surface area contributed by atoms with Gasteiger partial charge in [0, 0.05) is 18.9 Å². The van der Waals surface area contributed by atoms with Crippen molar-refractivity contribution in [3.05, 3.63) is 12.7 Å². The molecule has 0 aromatic heterocycles. The third kappa shape index (κ3) is 6.21. The predicted octanol–water partition coefficient (Wildman–Crippen LogP) is 0.663. The van der Waals surface area contributed by atoms with Crippen LogP contribution in [0.15, 0.2) is 12.7 Å². The highest BCUT2D eigenvalue weighted by molar-refractivity contribution is 5.88. The van der Waals surface area contributed by atoms with Gasteiger partial charge in [0.2, 0.25) is 0 Å². The summed E-state index contributed by atoms with van der Waals surface area (Å²) < 4.78 is 0. The van der Waals surface area contributed by atoms with Crippen LogP contribution in [-0.2, 0) is 4.79 Å². The SMILES string of the molecule is C#CCCC#CNC(=O)C=C. The zero-order valence-electron chi connectivity index (χ0n) is 6.18. The molecule has 0 aromatic rings. The third-order valence-electron chi connectivity index (χ3n) is 0.854. The molecule has 0 spiro atoms. The van der Waals surface area contributed by atoms with E-state index < -0.39 is 0 Å². The number of carbonyl (C=O) groups excluding carboxylic acids is 1. The minimum absolute atomic E-state index is 0.293. The van der Waals surface area contributed by atoms with Gasteiger partial charge in [-0.1, -0.05) is 12.5 Å². The molecule has 0 bridgehead atoms. The summed E-state index contributed by atoms with van der Waals surface area (Å²) in [6.07, 6.45) is 7.35. The van der Waals surface area contributed by atoms with Crippen molar-refractivity contribution < 1.29 is 4.79 Å². The second kappa shape index (κ2) is 6.45. The zero-order chi connectivity index (χ0) is 8.53. The number of terminal acetylenes is 1. The molecule has 0 aromatic carbocycles. The first-order valence-electron chi connectivity index (χ1n) is 3.15. The molecule has 0 aliphatic heterocycles. The average Bonchev–Trinajstić information content (AvgIpc) is 2.04. The van der Waals surface area contributed by atoms with E-state index in [2.05, 4.69) is 29.8 Å². The molecule has 2 heteroatoms. The second-order valence-electron chi connectivity index (χ2n) is 1.70. The van der Waals surface area contributed by atoms with Gasteiger partial charge in [-0.3, -0.25) is 10.1 Å². The molecule has 0 fully saturated rings. The molecule has 0 aliphatic rings. The van der Waals surface area contributed by atoms with Crippen LogP contribution in [0.5, 0.6) is 0 Å². The van der Waals surface area contributed by atoms with Crippen LogP contribution >= 0.6 is 0 Å². The summed E-state index contributed by atoms with van der Waals surface area (Å²) in [7, 11) is 0. The van der Waals surface area contributed by atoms with Gasteiger partial charge in [-0.25, -0.2) is 0 Å². The third-order valence-corrected chi connectivity index (χ3v) is 0.854. The predicted molar refractivity (Wildman–Crippen MR) is 44.2 cm³/mol. The number of rotatable bonds is 2. The van der Waals surface area contributed by atoms with Crippen LogP contribution in [-0.4, -0.2) is 5.91 Å². The largest absolute Gasteiger partial charge is 0.282 e. The van der Waals surface area contributed by atoms with E-state index in [0.29, 0.717) is 12.8 Å². The van der Waals surface area contributed by atoms with Gasteiger partial charge in [0.15, 0.2) is 0 Å². The normalized spacial score (nSPS) is 6.82. The van der Waals surface area contributed by atoms with Crippen LogP contribution in [0.1, 0.15) is 12.8 Å². The van der Waals surface area contributed by atoms with E-state index >= 15 is 0 Å². The number of carbonyl (C=O) groups is 1. The molecule has 0 radical (unpaired) electrons. The number of unbranched alkanes of at least 4 members (excludes halogenated alkanes) is 1. The lowest BCUT2D eigenvalue weighted by Gasteiger charge is -1.85. The minimum Gasteiger partial charge on any atom is -0.282 e. The highest BCUT2D eigenvalue weighted by atomic mass is 16.1. The first-order chi connectivity index (χ1) is 5.31. The van der Waals surface area contributed by atoms with Crippen LogP contribution in [0.3, 0.4) is 0 Å². The number of hydrogen-bond donors (Lipinski definition) is 1. The Bertz CT molecular complexity index is 237. The summed E-state index contributed by atoms with van der Waals surface area (Å²) in [5.41, 5.74) is 0. The Morgan fingerprint density at radius 2 is 2.36 bits per heavy atom. The molecule has 0 heterocycles. The Hall–Kier alpha value is -1.67. The molecular formula is C9H9NO. The van der Waals surface area contributed by atoms with E-state index in [0.717, 1.165) is 6.08 Å². The zero-order valence-corrected chi connectivity index (χ0v) is 6.18. The Balaban J connectivity index is 3.49. The van der Waals surface area contributed by atoms with Gasteiger partial charge >= 0.3 is 0 Å². The van der Waals surface area contributed by atoms with Gasteiger partial charge < -0.3 is 0 Å². The van der Waals surface area contributed by atoms with Crippen LogP contribution in [0.25, 0.3) is 0 Å². The van der Waals surface area contributed by atoms with Gasteiger partial charge in [-0.05, 0) is 6.08 Å². The molecule has 0 saturated carbocycles. The van der Waals surface area contributed by atoms with Gasteiger partial charge in [0.1, 0.15) is 0 Å². The van der Waals surface area contributed by atoms with Crippen molar-refractivity contribution in [2.45, 2.75) is 12.8 Å². The lowest BCUT2D eigenvalue weighted by Crippen LogP contribution is -2.13. The average molecular weight is 147 g/mol. The molecule has 0 unspecified atom stereocenters. The van der Waals surface area contributed by atoms with Crippen molar-refractivity contribution in [2.75, 3.05) is 0 Å². The highest BCUT2D eigenvalue weighted by Crippen LogP contribution is 1.79. The molecule has 0 saturated heterocycles. The van der Waals surface area contributed by atoms with Gasteiger partial charge in [-0.15, -0.1) is 12.3 Å². The summed E-state index contributed by atoms with van der Waals surface area (Å²) in [4.78, 5) is 10.5. The Morgan fingerprint density at radius 3 is 2.91 bits per heavy atom. The monoisotopic (exact) mass is 147 g/mol. The van der Waals surface area contributed by atoms with Gasteiger partial charge in [-0.2, -0.15) is 0 Å². The highest BCUT2D eigenvalue weighted by Gasteiger charge is 1.84. The van der Waals surface area contributed by atoms with Crippen molar-refractivity contribution in [1.82, 2.24) is 5.32 Å². The summed E-state index contributed by atoms with van der Waals surface area (Å²) in [6, 6.07) is 2.45. The molecule has 1 amide bonds. The van der Waals surface area contributed by atoms with Crippen LogP contribution < -0.4 is 5.32 Å². The molecule has 0 aliphatic carbocycles. The van der Waals surface area contributed by atoms with Crippen molar-refractivity contribution in [3.8, 4) is 24.3 Å². The van der Waals surface area contributed by atoms with Crippen LogP contribution in [0.2, 0.25) is 0 Å². The molecule has 2 nitrogen and oxygen atoms in total. The molecule has 56 valence electrons. The maximum atomic E-state index is 10.5. The van der Waals surface area contributed by atoms with E-state index in [1.807, 2.05) is 0 Å². The fourth-order valence-corrected chi connectivity index (χ4v) is 0.354. The quantitative estimate of drug-likeness (QED) is 0.264. The smallest absolute Gasteiger partial charge is 0.254 e. The van der Waals surface area contributed by atoms with Crippen LogP contribution in [0.4, 0.5) is 0 Å². The molecule has 0 atom stereocenters. The number of hydrogen-bond acceptors (Lipinski definition) is 1. The molecule has 0 rings (SSSR count). The maximum absolute atomic E-state index is 10.5. The fourth-order valence-electron chi connectivity index (χ4n) is 0.354. The fraction of sp³-hybridized carbons (Fsp3) is 0.222. The lowest BCUT2D eigenvalue weighted by molar-refractivity contribution is -0.115. The van der Waals surface area contributed by atoms with E-state index in [1.54, 1.807) is 0 Å². The van der Waals surface area contributed by atoms with E-state index in [4.69, 9.17) is 6.42 Å². The van der Waals surface area contributed by atoms with Crippen molar-refractivity contribution in [1.29, 1.82) is 0 Å². The topological polar surface area (TPSA) is 29.1 Å². The summed E-state index contributed by atoms with van der Waals surface area (Å²) in [5.74, 6) is 4.82. The van der Waals surface area contributed by atoms with Crippen molar-refractivity contribution >= 4 is 5.91 Å². The molecule has 1 N–H and O–H groups in total. The second-order valence-corrected chi connectivity index (χ2v) is 1.70. The summed E-state index contributed by atoms with van der Waals surface area (Å²) in [5, 5.41) is 2.30. The van der Waals surface area contributed by atoms with E-state index in [1.165, 1.54) is 0 Å². The van der Waals surface area contributed by atoms with Gasteiger partial charge in [0.25, 0.3) is 5.91 Å². The Labute approximate surface area is 66.7 Å². The van der Waals surface area contributed by atoms with E-state index in [-0.39, 0.29) is 5.91 Å².